The fourth-order valence-corrected chi connectivity index (χ4v) is 2.88. The van der Waals surface area contributed by atoms with Crippen LogP contribution in [0.2, 0.25) is 5.02 Å². The van der Waals surface area contributed by atoms with Crippen LogP contribution in [0.5, 0.6) is 11.5 Å². The Morgan fingerprint density at radius 2 is 1.81 bits per heavy atom. The topological polar surface area (TPSA) is 76.7 Å². The third kappa shape index (κ3) is 6.20. The van der Waals surface area contributed by atoms with E-state index in [4.69, 9.17) is 21.1 Å². The van der Waals surface area contributed by atoms with Gasteiger partial charge in [-0.15, -0.1) is 0 Å². The molecule has 0 aliphatic rings. The van der Waals surface area contributed by atoms with Gasteiger partial charge in [0, 0.05) is 6.54 Å². The Kier molecular flexibility index (Phi) is 7.45. The van der Waals surface area contributed by atoms with Gasteiger partial charge in [0.15, 0.2) is 0 Å². The maximum atomic E-state index is 13.6. The molecule has 3 rings (SSSR count). The standard InChI is InChI=1S/C23H20ClFN2O4/c1-2-30-23(29)27-20-13-16(25)9-10-18(20)22(28)26-14-15-8-11-19(24)21(12-15)31-17-6-4-3-5-7-17/h3-13H,2,14H2,1H3,(H,26,28)(H,27,29). The van der Waals surface area contributed by atoms with Gasteiger partial charge in [0.2, 0.25) is 0 Å². The summed E-state index contributed by atoms with van der Waals surface area (Å²) in [5.41, 5.74) is 0.857. The van der Waals surface area contributed by atoms with Crippen molar-refractivity contribution in [3.63, 3.8) is 0 Å². The molecule has 160 valence electrons. The number of hydrogen-bond donors (Lipinski definition) is 2. The number of carbonyl (C=O) groups is 2. The molecule has 3 aromatic carbocycles. The van der Waals surface area contributed by atoms with Crippen molar-refractivity contribution in [2.75, 3.05) is 11.9 Å². The van der Waals surface area contributed by atoms with Crippen LogP contribution in [0.25, 0.3) is 0 Å². The van der Waals surface area contributed by atoms with Crippen LogP contribution in [0.15, 0.2) is 66.7 Å². The molecule has 0 aliphatic carbocycles. The molecule has 0 bridgehead atoms. The van der Waals surface area contributed by atoms with E-state index in [9.17, 15) is 14.0 Å². The number of rotatable bonds is 7. The first-order chi connectivity index (χ1) is 15.0. The van der Waals surface area contributed by atoms with Gasteiger partial charge in [-0.05, 0) is 55.0 Å². The highest BCUT2D eigenvalue weighted by Crippen LogP contribution is 2.30. The zero-order chi connectivity index (χ0) is 22.2. The Labute approximate surface area is 183 Å². The molecule has 6 nitrogen and oxygen atoms in total. The van der Waals surface area contributed by atoms with Crippen LogP contribution in [0.4, 0.5) is 14.9 Å². The van der Waals surface area contributed by atoms with Crippen molar-refractivity contribution in [1.82, 2.24) is 5.32 Å². The number of hydrogen-bond acceptors (Lipinski definition) is 4. The van der Waals surface area contributed by atoms with Crippen LogP contribution >= 0.6 is 11.6 Å². The quantitative estimate of drug-likeness (QED) is 0.487. The average Bonchev–Trinajstić information content (AvgIpc) is 2.75. The van der Waals surface area contributed by atoms with Crippen molar-refractivity contribution < 1.29 is 23.5 Å². The monoisotopic (exact) mass is 442 g/mol. The Hall–Kier alpha value is -3.58. The molecule has 2 amide bonds. The normalized spacial score (nSPS) is 10.3. The first-order valence-corrected chi connectivity index (χ1v) is 9.87. The molecule has 0 saturated heterocycles. The number of carbonyl (C=O) groups excluding carboxylic acids is 2. The summed E-state index contributed by atoms with van der Waals surface area (Å²) in [5, 5.41) is 5.54. The fraction of sp³-hybridized carbons (Fsp3) is 0.130. The number of anilines is 1. The molecule has 0 spiro atoms. The van der Waals surface area contributed by atoms with Crippen LogP contribution in [0, 0.1) is 5.82 Å². The van der Waals surface area contributed by atoms with Crippen LogP contribution in [-0.4, -0.2) is 18.6 Å². The van der Waals surface area contributed by atoms with Crippen molar-refractivity contribution in [2.45, 2.75) is 13.5 Å². The number of amides is 2. The first kappa shape index (κ1) is 22.1. The highest BCUT2D eigenvalue weighted by Gasteiger charge is 2.15. The molecule has 0 saturated carbocycles. The molecule has 0 atom stereocenters. The summed E-state index contributed by atoms with van der Waals surface area (Å²) >= 11 is 6.21. The highest BCUT2D eigenvalue weighted by molar-refractivity contribution is 6.32. The molecular formula is C23H20ClFN2O4. The maximum Gasteiger partial charge on any atom is 0.411 e. The zero-order valence-electron chi connectivity index (χ0n) is 16.7. The van der Waals surface area contributed by atoms with Crippen molar-refractivity contribution >= 4 is 29.3 Å². The molecule has 0 heterocycles. The van der Waals surface area contributed by atoms with Crippen molar-refractivity contribution in [3.8, 4) is 11.5 Å². The smallest absolute Gasteiger partial charge is 0.411 e. The molecular weight excluding hydrogens is 423 g/mol. The summed E-state index contributed by atoms with van der Waals surface area (Å²) in [6, 6.07) is 17.8. The highest BCUT2D eigenvalue weighted by atomic mass is 35.5. The van der Waals surface area contributed by atoms with Crippen molar-refractivity contribution in [3.05, 3.63) is 88.7 Å². The van der Waals surface area contributed by atoms with E-state index in [0.717, 1.165) is 17.7 Å². The number of para-hydroxylation sites is 1. The maximum absolute atomic E-state index is 13.6. The van der Waals surface area contributed by atoms with E-state index in [-0.39, 0.29) is 24.4 Å². The van der Waals surface area contributed by atoms with Gasteiger partial charge in [0.25, 0.3) is 5.91 Å². The lowest BCUT2D eigenvalue weighted by molar-refractivity contribution is 0.0951. The van der Waals surface area contributed by atoms with Crippen molar-refractivity contribution in [2.24, 2.45) is 0 Å². The molecule has 0 fully saturated rings. The Morgan fingerprint density at radius 1 is 1.03 bits per heavy atom. The van der Waals surface area contributed by atoms with Gasteiger partial charge in [-0.3, -0.25) is 10.1 Å². The van der Waals surface area contributed by atoms with Gasteiger partial charge in [-0.25, -0.2) is 9.18 Å². The van der Waals surface area contributed by atoms with E-state index in [1.807, 2.05) is 18.2 Å². The third-order valence-corrected chi connectivity index (χ3v) is 4.47. The van der Waals surface area contributed by atoms with E-state index in [1.165, 1.54) is 6.07 Å². The Balaban J connectivity index is 1.71. The van der Waals surface area contributed by atoms with Gasteiger partial charge in [-0.1, -0.05) is 35.9 Å². The van der Waals surface area contributed by atoms with Gasteiger partial charge in [-0.2, -0.15) is 0 Å². The molecule has 3 aromatic rings. The molecule has 0 unspecified atom stereocenters. The summed E-state index contributed by atoms with van der Waals surface area (Å²) in [7, 11) is 0. The Bertz CT molecular complexity index is 1080. The average molecular weight is 443 g/mol. The fourth-order valence-electron chi connectivity index (χ4n) is 2.72. The van der Waals surface area contributed by atoms with E-state index in [0.29, 0.717) is 16.5 Å². The summed E-state index contributed by atoms with van der Waals surface area (Å²) in [4.78, 5) is 24.3. The number of benzene rings is 3. The largest absolute Gasteiger partial charge is 0.456 e. The third-order valence-electron chi connectivity index (χ3n) is 4.16. The predicted molar refractivity (Wildman–Crippen MR) is 116 cm³/mol. The SMILES string of the molecule is CCOC(=O)Nc1cc(F)ccc1C(=O)NCc1ccc(Cl)c(Oc2ccccc2)c1. The van der Waals surface area contributed by atoms with Crippen molar-refractivity contribution in [1.29, 1.82) is 0 Å². The summed E-state index contributed by atoms with van der Waals surface area (Å²) in [5.74, 6) is -0.00586. The summed E-state index contributed by atoms with van der Waals surface area (Å²) < 4.78 is 24.2. The first-order valence-electron chi connectivity index (χ1n) is 9.49. The van der Waals surface area contributed by atoms with Crippen LogP contribution < -0.4 is 15.4 Å². The summed E-state index contributed by atoms with van der Waals surface area (Å²) in [6.45, 7) is 1.95. The minimum absolute atomic E-state index is 0.0140. The molecule has 0 radical (unpaired) electrons. The number of halogens is 2. The number of nitrogens with one attached hydrogen (secondary N) is 2. The lowest BCUT2D eigenvalue weighted by atomic mass is 10.1. The van der Waals surface area contributed by atoms with Crippen LogP contribution in [0.3, 0.4) is 0 Å². The van der Waals surface area contributed by atoms with Gasteiger partial charge < -0.3 is 14.8 Å². The van der Waals surface area contributed by atoms with E-state index < -0.39 is 17.8 Å². The lowest BCUT2D eigenvalue weighted by Crippen LogP contribution is -2.25. The molecule has 0 aromatic heterocycles. The lowest BCUT2D eigenvalue weighted by Gasteiger charge is -2.13. The zero-order valence-corrected chi connectivity index (χ0v) is 17.4. The van der Waals surface area contributed by atoms with E-state index >= 15 is 0 Å². The molecule has 8 heteroatoms. The van der Waals surface area contributed by atoms with Crippen LogP contribution in [-0.2, 0) is 11.3 Å². The molecule has 2 N–H and O–H groups in total. The predicted octanol–water partition coefficient (Wildman–Crippen LogP) is 5.77. The van der Waals surface area contributed by atoms with E-state index in [2.05, 4.69) is 10.6 Å². The summed E-state index contributed by atoms with van der Waals surface area (Å²) in [6.07, 6.45) is -0.775. The second kappa shape index (κ2) is 10.4. The van der Waals surface area contributed by atoms with Gasteiger partial charge >= 0.3 is 6.09 Å². The minimum atomic E-state index is -0.775. The minimum Gasteiger partial charge on any atom is -0.456 e. The van der Waals surface area contributed by atoms with Crippen LogP contribution in [0.1, 0.15) is 22.8 Å². The second-order valence-corrected chi connectivity index (χ2v) is 6.81. The second-order valence-electron chi connectivity index (χ2n) is 6.40. The van der Waals surface area contributed by atoms with Gasteiger partial charge in [0.1, 0.15) is 17.3 Å². The molecule has 31 heavy (non-hydrogen) atoms. The number of ether oxygens (including phenoxy) is 2. The Morgan fingerprint density at radius 3 is 2.55 bits per heavy atom. The molecule has 0 aliphatic heterocycles. The van der Waals surface area contributed by atoms with E-state index in [1.54, 1.807) is 37.3 Å². The van der Waals surface area contributed by atoms with Gasteiger partial charge in [0.05, 0.1) is 22.9 Å².